The number of rotatable bonds is 6. The van der Waals surface area contributed by atoms with Crippen molar-refractivity contribution >= 4 is 11.4 Å². The minimum atomic E-state index is 0.987. The number of azo groups is 1. The highest BCUT2D eigenvalue weighted by molar-refractivity contribution is 5.49. The Hall–Kier alpha value is -1.96. The number of nitrogens with zero attached hydrogens (tertiary/aromatic N) is 2. The van der Waals surface area contributed by atoms with Gasteiger partial charge in [0.15, 0.2) is 0 Å². The van der Waals surface area contributed by atoms with Crippen LogP contribution in [0.1, 0.15) is 37.8 Å². The summed E-state index contributed by atoms with van der Waals surface area (Å²) in [5.41, 5.74) is 4.51. The van der Waals surface area contributed by atoms with Gasteiger partial charge in [-0.3, -0.25) is 0 Å². The topological polar surface area (TPSA) is 24.7 Å². The van der Waals surface area contributed by atoms with Crippen LogP contribution in [0.4, 0.5) is 11.4 Å². The molecular formula is C18H22N2. The summed E-state index contributed by atoms with van der Waals surface area (Å²) in [7, 11) is 0. The molecule has 0 radical (unpaired) electrons. The van der Waals surface area contributed by atoms with Crippen LogP contribution in [0.3, 0.4) is 0 Å². The van der Waals surface area contributed by atoms with Crippen LogP contribution in [0.15, 0.2) is 58.8 Å². The zero-order valence-electron chi connectivity index (χ0n) is 12.3. The van der Waals surface area contributed by atoms with E-state index in [9.17, 15) is 0 Å². The van der Waals surface area contributed by atoms with Crippen molar-refractivity contribution in [3.63, 3.8) is 0 Å². The van der Waals surface area contributed by atoms with E-state index in [2.05, 4.69) is 48.3 Å². The Morgan fingerprint density at radius 3 is 1.45 bits per heavy atom. The number of benzene rings is 2. The molecule has 0 bridgehead atoms. The summed E-state index contributed by atoms with van der Waals surface area (Å²) < 4.78 is 0. The van der Waals surface area contributed by atoms with Gasteiger partial charge in [-0.25, -0.2) is 0 Å². The molecule has 20 heavy (non-hydrogen) atoms. The van der Waals surface area contributed by atoms with Gasteiger partial charge in [0, 0.05) is 0 Å². The summed E-state index contributed by atoms with van der Waals surface area (Å²) in [5, 5.41) is 8.93. The molecule has 104 valence electrons. The maximum absolute atomic E-state index is 4.46. The van der Waals surface area contributed by atoms with Crippen molar-refractivity contribution in [1.82, 2.24) is 0 Å². The molecule has 0 aromatic heterocycles. The Morgan fingerprint density at radius 1 is 0.650 bits per heavy atom. The zero-order valence-corrected chi connectivity index (χ0v) is 12.3. The van der Waals surface area contributed by atoms with Crippen molar-refractivity contribution in [3.8, 4) is 0 Å². The second-order valence-corrected chi connectivity index (χ2v) is 4.96. The van der Waals surface area contributed by atoms with E-state index in [0.717, 1.165) is 37.1 Å². The van der Waals surface area contributed by atoms with E-state index in [1.54, 1.807) is 0 Å². The molecule has 0 fully saturated rings. The Labute approximate surface area is 121 Å². The summed E-state index contributed by atoms with van der Waals surface area (Å²) in [6, 6.07) is 16.5. The highest BCUT2D eigenvalue weighted by Gasteiger charge is 2.01. The standard InChI is InChI=1S/C18H22N2/c1-3-9-15-11-5-7-13-17(15)19-20-18-14-8-6-12-16(18)10-4-2/h5-8,11-14H,3-4,9-10H2,1-2H3. The number of aryl methyl sites for hydroxylation is 2. The monoisotopic (exact) mass is 266 g/mol. The van der Waals surface area contributed by atoms with Crippen LogP contribution in [0.5, 0.6) is 0 Å². The van der Waals surface area contributed by atoms with Crippen molar-refractivity contribution < 1.29 is 0 Å². The lowest BCUT2D eigenvalue weighted by Gasteiger charge is -2.04. The molecular weight excluding hydrogens is 244 g/mol. The van der Waals surface area contributed by atoms with Crippen LogP contribution in [-0.2, 0) is 12.8 Å². The fraction of sp³-hybridized carbons (Fsp3) is 0.333. The smallest absolute Gasteiger partial charge is 0.0889 e. The molecule has 0 saturated heterocycles. The lowest BCUT2D eigenvalue weighted by molar-refractivity contribution is 0.912. The van der Waals surface area contributed by atoms with Crippen molar-refractivity contribution in [3.05, 3.63) is 59.7 Å². The number of hydrogen-bond acceptors (Lipinski definition) is 2. The summed E-state index contributed by atoms with van der Waals surface area (Å²) in [5.74, 6) is 0. The molecule has 0 amide bonds. The largest absolute Gasteiger partial charge is 0.150 e. The minimum absolute atomic E-state index is 0.987. The van der Waals surface area contributed by atoms with Gasteiger partial charge in [0.2, 0.25) is 0 Å². The average Bonchev–Trinajstić information content (AvgIpc) is 2.48. The first-order valence-corrected chi connectivity index (χ1v) is 7.42. The Bertz CT molecular complexity index is 522. The summed E-state index contributed by atoms with van der Waals surface area (Å²) in [6.07, 6.45) is 4.34. The van der Waals surface area contributed by atoms with Gasteiger partial charge < -0.3 is 0 Å². The summed E-state index contributed by atoms with van der Waals surface area (Å²) >= 11 is 0. The third kappa shape index (κ3) is 3.77. The maximum Gasteiger partial charge on any atom is 0.0889 e. The first-order valence-electron chi connectivity index (χ1n) is 7.42. The van der Waals surface area contributed by atoms with Gasteiger partial charge in [0.25, 0.3) is 0 Å². The van der Waals surface area contributed by atoms with Gasteiger partial charge in [-0.15, -0.1) is 0 Å². The molecule has 2 rings (SSSR count). The molecule has 0 heterocycles. The van der Waals surface area contributed by atoms with E-state index in [1.165, 1.54) is 11.1 Å². The van der Waals surface area contributed by atoms with E-state index >= 15 is 0 Å². The fourth-order valence-corrected chi connectivity index (χ4v) is 2.29. The third-order valence-corrected chi connectivity index (χ3v) is 3.29. The van der Waals surface area contributed by atoms with Crippen molar-refractivity contribution in [2.75, 3.05) is 0 Å². The molecule has 0 aliphatic carbocycles. The normalized spacial score (nSPS) is 11.1. The molecule has 2 heteroatoms. The van der Waals surface area contributed by atoms with E-state index in [1.807, 2.05) is 24.3 Å². The van der Waals surface area contributed by atoms with Crippen LogP contribution < -0.4 is 0 Å². The highest BCUT2D eigenvalue weighted by atomic mass is 15.1. The first kappa shape index (κ1) is 14.4. The van der Waals surface area contributed by atoms with Crippen LogP contribution in [0.25, 0.3) is 0 Å². The number of hydrogen-bond donors (Lipinski definition) is 0. The molecule has 2 aromatic rings. The highest BCUT2D eigenvalue weighted by Crippen LogP contribution is 2.26. The van der Waals surface area contributed by atoms with Gasteiger partial charge in [-0.1, -0.05) is 63.1 Å². The summed E-state index contributed by atoms with van der Waals surface area (Å²) in [4.78, 5) is 0. The molecule has 0 N–H and O–H groups in total. The maximum atomic E-state index is 4.46. The van der Waals surface area contributed by atoms with Crippen molar-refractivity contribution in [2.24, 2.45) is 10.2 Å². The molecule has 0 atom stereocenters. The Kier molecular flexibility index (Phi) is 5.48. The molecule has 0 spiro atoms. The van der Waals surface area contributed by atoms with Crippen molar-refractivity contribution in [2.45, 2.75) is 39.5 Å². The minimum Gasteiger partial charge on any atom is -0.150 e. The lowest BCUT2D eigenvalue weighted by atomic mass is 10.1. The van der Waals surface area contributed by atoms with E-state index in [0.29, 0.717) is 0 Å². The van der Waals surface area contributed by atoms with Gasteiger partial charge in [0.1, 0.15) is 0 Å². The zero-order chi connectivity index (χ0) is 14.2. The predicted molar refractivity (Wildman–Crippen MR) is 85.1 cm³/mol. The summed E-state index contributed by atoms with van der Waals surface area (Å²) in [6.45, 7) is 4.37. The Balaban J connectivity index is 2.25. The first-order chi connectivity index (χ1) is 9.85. The van der Waals surface area contributed by atoms with Crippen molar-refractivity contribution in [1.29, 1.82) is 0 Å². The van der Waals surface area contributed by atoms with E-state index < -0.39 is 0 Å². The predicted octanol–water partition coefficient (Wildman–Crippen LogP) is 6.01. The van der Waals surface area contributed by atoms with Crippen LogP contribution >= 0.6 is 0 Å². The van der Waals surface area contributed by atoms with Gasteiger partial charge in [-0.05, 0) is 36.1 Å². The fourth-order valence-electron chi connectivity index (χ4n) is 2.29. The van der Waals surface area contributed by atoms with E-state index in [4.69, 9.17) is 0 Å². The van der Waals surface area contributed by atoms with Crippen LogP contribution in [0, 0.1) is 0 Å². The molecule has 2 nitrogen and oxygen atoms in total. The van der Waals surface area contributed by atoms with Gasteiger partial charge in [0.05, 0.1) is 11.4 Å². The lowest BCUT2D eigenvalue weighted by Crippen LogP contribution is -1.84. The molecule has 0 aliphatic rings. The van der Waals surface area contributed by atoms with Crippen LogP contribution in [-0.4, -0.2) is 0 Å². The molecule has 0 aliphatic heterocycles. The average molecular weight is 266 g/mol. The Morgan fingerprint density at radius 2 is 1.05 bits per heavy atom. The third-order valence-electron chi connectivity index (χ3n) is 3.29. The quantitative estimate of drug-likeness (QED) is 0.572. The molecule has 2 aromatic carbocycles. The second-order valence-electron chi connectivity index (χ2n) is 4.96. The van der Waals surface area contributed by atoms with Gasteiger partial charge in [-0.2, -0.15) is 10.2 Å². The second kappa shape index (κ2) is 7.59. The SMILES string of the molecule is CCCc1ccccc1N=Nc1ccccc1CCC. The van der Waals surface area contributed by atoms with Gasteiger partial charge >= 0.3 is 0 Å². The molecule has 0 unspecified atom stereocenters. The van der Waals surface area contributed by atoms with Crippen LogP contribution in [0.2, 0.25) is 0 Å². The molecule has 0 saturated carbocycles. The van der Waals surface area contributed by atoms with E-state index in [-0.39, 0.29) is 0 Å².